The molecule has 10 heavy (non-hydrogen) atoms. The number of hydrogen-bond acceptors (Lipinski definition) is 1. The Morgan fingerprint density at radius 3 is 2.30 bits per heavy atom. The summed E-state index contributed by atoms with van der Waals surface area (Å²) in [6.07, 6.45) is 1.56. The molecule has 0 aromatic rings. The minimum absolute atomic E-state index is 0.436. The van der Waals surface area contributed by atoms with Crippen molar-refractivity contribution in [3.8, 4) is 0 Å². The molecule has 0 unspecified atom stereocenters. The summed E-state index contributed by atoms with van der Waals surface area (Å²) in [5.41, 5.74) is 0. The third-order valence-corrected chi connectivity index (χ3v) is 1.23. The summed E-state index contributed by atoms with van der Waals surface area (Å²) < 4.78 is 0. The fraction of sp³-hybridized carbons (Fsp3) is 0.714. The number of rotatable bonds is 2. The van der Waals surface area contributed by atoms with Gasteiger partial charge in [-0.15, -0.1) is 0 Å². The Morgan fingerprint density at radius 2 is 2.00 bits per heavy atom. The second kappa shape index (κ2) is 4.97. The van der Waals surface area contributed by atoms with Crippen molar-refractivity contribution >= 4 is 11.7 Å². The maximum absolute atomic E-state index is 7.25. The Labute approximate surface area is 62.1 Å². The lowest BCUT2D eigenvalue weighted by Crippen LogP contribution is -2.18. The van der Waals surface area contributed by atoms with Crippen LogP contribution in [0.15, 0.2) is 4.99 Å². The van der Waals surface area contributed by atoms with Gasteiger partial charge in [0, 0.05) is 19.9 Å². The number of amidine groups is 2. The van der Waals surface area contributed by atoms with Crippen LogP contribution in [0.4, 0.5) is 0 Å². The molecule has 0 rings (SSSR count). The SMILES string of the molecule is CCC(=N)/N=C(/CC)NC. The summed E-state index contributed by atoms with van der Waals surface area (Å²) in [4.78, 5) is 4.02. The van der Waals surface area contributed by atoms with Crippen molar-refractivity contribution in [3.63, 3.8) is 0 Å². The van der Waals surface area contributed by atoms with Gasteiger partial charge >= 0.3 is 0 Å². The molecule has 0 aromatic carbocycles. The maximum atomic E-state index is 7.25. The summed E-state index contributed by atoms with van der Waals surface area (Å²) in [5.74, 6) is 1.32. The smallest absolute Gasteiger partial charge is 0.122 e. The zero-order valence-electron chi connectivity index (χ0n) is 6.86. The van der Waals surface area contributed by atoms with Crippen LogP contribution in [0.25, 0.3) is 0 Å². The molecule has 0 atom stereocenters. The van der Waals surface area contributed by atoms with Crippen LogP contribution in [0, 0.1) is 5.41 Å². The molecule has 58 valence electrons. The predicted octanol–water partition coefficient (Wildman–Crippen LogP) is 1.40. The molecule has 3 heteroatoms. The average molecular weight is 141 g/mol. The molecule has 0 amide bonds. The first-order valence-corrected chi connectivity index (χ1v) is 3.57. The van der Waals surface area contributed by atoms with E-state index in [0.29, 0.717) is 12.3 Å². The summed E-state index contributed by atoms with van der Waals surface area (Å²) in [6.45, 7) is 3.94. The predicted molar refractivity (Wildman–Crippen MR) is 44.8 cm³/mol. The van der Waals surface area contributed by atoms with Gasteiger partial charge in [0.2, 0.25) is 0 Å². The van der Waals surface area contributed by atoms with Crippen molar-refractivity contribution in [1.29, 1.82) is 5.41 Å². The van der Waals surface area contributed by atoms with Crippen LogP contribution in [0.2, 0.25) is 0 Å². The Hall–Kier alpha value is -0.860. The van der Waals surface area contributed by atoms with Crippen LogP contribution < -0.4 is 5.32 Å². The fourth-order valence-electron chi connectivity index (χ4n) is 0.554. The van der Waals surface area contributed by atoms with E-state index in [9.17, 15) is 0 Å². The number of nitrogens with one attached hydrogen (secondary N) is 2. The lowest BCUT2D eigenvalue weighted by molar-refractivity contribution is 1.07. The normalized spacial score (nSPS) is 11.3. The summed E-state index contributed by atoms with van der Waals surface area (Å²) in [5, 5.41) is 10.2. The monoisotopic (exact) mass is 141 g/mol. The molecule has 0 spiro atoms. The van der Waals surface area contributed by atoms with E-state index in [1.807, 2.05) is 20.9 Å². The molecule has 2 N–H and O–H groups in total. The first-order valence-electron chi connectivity index (χ1n) is 3.57. The van der Waals surface area contributed by atoms with Gasteiger partial charge in [-0.2, -0.15) is 0 Å². The molecule has 0 heterocycles. The van der Waals surface area contributed by atoms with E-state index >= 15 is 0 Å². The van der Waals surface area contributed by atoms with Crippen LogP contribution in [-0.2, 0) is 0 Å². The van der Waals surface area contributed by atoms with Gasteiger partial charge in [0.15, 0.2) is 0 Å². The molecule has 0 aromatic heterocycles. The number of aliphatic imine (C=N–C) groups is 1. The van der Waals surface area contributed by atoms with E-state index < -0.39 is 0 Å². The van der Waals surface area contributed by atoms with E-state index in [-0.39, 0.29) is 0 Å². The quantitative estimate of drug-likeness (QED) is 0.443. The molecular weight excluding hydrogens is 126 g/mol. The van der Waals surface area contributed by atoms with Crippen molar-refractivity contribution in [2.45, 2.75) is 26.7 Å². The van der Waals surface area contributed by atoms with Gasteiger partial charge in [-0.3, -0.25) is 5.41 Å². The van der Waals surface area contributed by atoms with Gasteiger partial charge in [0.25, 0.3) is 0 Å². The molecule has 0 saturated heterocycles. The third kappa shape index (κ3) is 3.22. The van der Waals surface area contributed by atoms with Crippen LogP contribution in [0.5, 0.6) is 0 Å². The molecule has 0 aliphatic carbocycles. The summed E-state index contributed by atoms with van der Waals surface area (Å²) in [7, 11) is 1.82. The van der Waals surface area contributed by atoms with Crippen LogP contribution in [0.1, 0.15) is 26.7 Å². The Kier molecular flexibility index (Phi) is 4.54. The van der Waals surface area contributed by atoms with Crippen molar-refractivity contribution in [1.82, 2.24) is 5.32 Å². The highest BCUT2D eigenvalue weighted by atomic mass is 15.0. The standard InChI is InChI=1S/C7H15N3/c1-4-6(8)10-7(5-2)9-3/h4-5H2,1-3H3,(H2,8,9,10). The molecule has 0 aliphatic heterocycles. The van der Waals surface area contributed by atoms with E-state index in [0.717, 1.165) is 12.3 Å². The Bertz CT molecular complexity index is 132. The largest absolute Gasteiger partial charge is 0.377 e. The number of nitrogens with zero attached hydrogens (tertiary/aromatic N) is 1. The van der Waals surface area contributed by atoms with Gasteiger partial charge in [-0.1, -0.05) is 13.8 Å². The second-order valence-corrected chi connectivity index (χ2v) is 1.96. The Morgan fingerprint density at radius 1 is 1.40 bits per heavy atom. The van der Waals surface area contributed by atoms with E-state index in [2.05, 4.69) is 10.3 Å². The molecule has 0 radical (unpaired) electrons. The first kappa shape index (κ1) is 9.14. The Balaban J connectivity index is 3.96. The molecule has 3 nitrogen and oxygen atoms in total. The van der Waals surface area contributed by atoms with E-state index in [1.165, 1.54) is 0 Å². The third-order valence-electron chi connectivity index (χ3n) is 1.23. The van der Waals surface area contributed by atoms with Crippen LogP contribution >= 0.6 is 0 Å². The zero-order chi connectivity index (χ0) is 7.98. The van der Waals surface area contributed by atoms with Crippen molar-refractivity contribution in [2.75, 3.05) is 7.05 Å². The summed E-state index contributed by atoms with van der Waals surface area (Å²) >= 11 is 0. The highest BCUT2D eigenvalue weighted by Gasteiger charge is 1.92. The minimum Gasteiger partial charge on any atom is -0.377 e. The zero-order valence-corrected chi connectivity index (χ0v) is 6.86. The van der Waals surface area contributed by atoms with Crippen molar-refractivity contribution in [2.24, 2.45) is 4.99 Å². The first-order chi connectivity index (χ1) is 4.74. The van der Waals surface area contributed by atoms with Gasteiger partial charge in [0.05, 0.1) is 0 Å². The second-order valence-electron chi connectivity index (χ2n) is 1.96. The van der Waals surface area contributed by atoms with E-state index in [4.69, 9.17) is 5.41 Å². The van der Waals surface area contributed by atoms with Gasteiger partial charge in [-0.25, -0.2) is 4.99 Å². The number of hydrogen-bond donors (Lipinski definition) is 2. The molecule has 0 aliphatic rings. The van der Waals surface area contributed by atoms with Crippen LogP contribution in [0.3, 0.4) is 0 Å². The van der Waals surface area contributed by atoms with Gasteiger partial charge in [0.1, 0.15) is 11.7 Å². The minimum atomic E-state index is 0.436. The molecule has 0 fully saturated rings. The van der Waals surface area contributed by atoms with E-state index in [1.54, 1.807) is 0 Å². The summed E-state index contributed by atoms with van der Waals surface area (Å²) in [6, 6.07) is 0. The van der Waals surface area contributed by atoms with Crippen molar-refractivity contribution in [3.05, 3.63) is 0 Å². The van der Waals surface area contributed by atoms with Crippen LogP contribution in [-0.4, -0.2) is 18.7 Å². The van der Waals surface area contributed by atoms with Gasteiger partial charge < -0.3 is 5.32 Å². The topological polar surface area (TPSA) is 48.2 Å². The lowest BCUT2D eigenvalue weighted by Gasteiger charge is -2.00. The average Bonchev–Trinajstić information content (AvgIpc) is 1.99. The lowest BCUT2D eigenvalue weighted by atomic mass is 10.4. The van der Waals surface area contributed by atoms with Crippen molar-refractivity contribution < 1.29 is 0 Å². The highest BCUT2D eigenvalue weighted by molar-refractivity contribution is 5.95. The molecular formula is C7H15N3. The molecule has 0 saturated carbocycles. The van der Waals surface area contributed by atoms with Gasteiger partial charge in [-0.05, 0) is 0 Å². The molecule has 0 bridgehead atoms. The fourth-order valence-corrected chi connectivity index (χ4v) is 0.554. The highest BCUT2D eigenvalue weighted by Crippen LogP contribution is 1.86. The maximum Gasteiger partial charge on any atom is 0.122 e.